The smallest absolute Gasteiger partial charge is 0.298 e. The zero-order valence-electron chi connectivity index (χ0n) is 12.1. The molecule has 1 aromatic heterocycles. The summed E-state index contributed by atoms with van der Waals surface area (Å²) in [6.45, 7) is 3.92. The zero-order chi connectivity index (χ0) is 14.5. The molecule has 6 heteroatoms. The number of nitrogens with zero attached hydrogens (tertiary/aromatic N) is 2. The number of aromatic nitrogens is 1. The van der Waals surface area contributed by atoms with Gasteiger partial charge >= 0.3 is 0 Å². The fraction of sp³-hybridized carbons (Fsp3) is 0.500. The number of hydrogen-bond donors (Lipinski definition) is 1. The Labute approximate surface area is 118 Å². The third kappa shape index (κ3) is 3.20. The Balaban J connectivity index is 2.29. The number of anilines is 2. The molecule has 0 spiro atoms. The van der Waals surface area contributed by atoms with Gasteiger partial charge in [-0.2, -0.15) is 4.98 Å². The van der Waals surface area contributed by atoms with Crippen LogP contribution in [0.25, 0.3) is 11.1 Å². The Morgan fingerprint density at radius 3 is 2.85 bits per heavy atom. The molecule has 0 radical (unpaired) electrons. The predicted octanol–water partition coefficient (Wildman–Crippen LogP) is 1.90. The lowest BCUT2D eigenvalue weighted by molar-refractivity contribution is 0.168. The lowest BCUT2D eigenvalue weighted by Crippen LogP contribution is -2.38. The summed E-state index contributed by atoms with van der Waals surface area (Å²) >= 11 is 0. The lowest BCUT2D eigenvalue weighted by Gasteiger charge is -2.26. The summed E-state index contributed by atoms with van der Waals surface area (Å²) in [6.07, 6.45) is 0. The van der Waals surface area contributed by atoms with E-state index in [-0.39, 0.29) is 6.04 Å². The third-order valence-corrected chi connectivity index (χ3v) is 3.12. The monoisotopic (exact) mass is 279 g/mol. The van der Waals surface area contributed by atoms with Crippen LogP contribution < -0.4 is 10.6 Å². The number of nitrogen functional groups attached to an aromatic ring is 1. The van der Waals surface area contributed by atoms with E-state index < -0.39 is 0 Å². The van der Waals surface area contributed by atoms with Crippen molar-refractivity contribution in [1.29, 1.82) is 0 Å². The second-order valence-corrected chi connectivity index (χ2v) is 4.71. The average molecular weight is 279 g/mol. The number of methoxy groups -OCH3 is 2. The lowest BCUT2D eigenvalue weighted by atomic mass is 10.3. The van der Waals surface area contributed by atoms with Crippen LogP contribution in [0, 0.1) is 0 Å². The number of hydrogen-bond acceptors (Lipinski definition) is 6. The fourth-order valence-corrected chi connectivity index (χ4v) is 2.08. The molecule has 0 amide bonds. The zero-order valence-corrected chi connectivity index (χ0v) is 12.1. The van der Waals surface area contributed by atoms with Gasteiger partial charge in [-0.25, -0.2) is 0 Å². The first-order valence-electron chi connectivity index (χ1n) is 6.56. The van der Waals surface area contributed by atoms with Crippen LogP contribution in [0.2, 0.25) is 0 Å². The largest absolute Gasteiger partial charge is 0.423 e. The second-order valence-electron chi connectivity index (χ2n) is 4.71. The Morgan fingerprint density at radius 2 is 2.15 bits per heavy atom. The van der Waals surface area contributed by atoms with Crippen molar-refractivity contribution in [2.24, 2.45) is 0 Å². The first-order chi connectivity index (χ1) is 9.65. The van der Waals surface area contributed by atoms with Gasteiger partial charge in [-0.1, -0.05) is 0 Å². The van der Waals surface area contributed by atoms with Crippen LogP contribution in [0.5, 0.6) is 0 Å². The summed E-state index contributed by atoms with van der Waals surface area (Å²) in [5, 5.41) is 0. The van der Waals surface area contributed by atoms with Crippen molar-refractivity contribution in [3.63, 3.8) is 0 Å². The van der Waals surface area contributed by atoms with Crippen LogP contribution in [0.4, 0.5) is 11.7 Å². The number of rotatable bonds is 7. The maximum Gasteiger partial charge on any atom is 0.298 e. The van der Waals surface area contributed by atoms with Gasteiger partial charge in [0.15, 0.2) is 5.58 Å². The third-order valence-electron chi connectivity index (χ3n) is 3.12. The molecule has 2 rings (SSSR count). The maximum atomic E-state index is 5.80. The molecular formula is C14H21N3O3. The van der Waals surface area contributed by atoms with Gasteiger partial charge in [0.05, 0.1) is 19.3 Å². The molecule has 0 aliphatic carbocycles. The van der Waals surface area contributed by atoms with Gasteiger partial charge < -0.3 is 24.5 Å². The van der Waals surface area contributed by atoms with E-state index in [2.05, 4.69) is 11.9 Å². The summed E-state index contributed by atoms with van der Waals surface area (Å²) in [4.78, 5) is 6.53. The van der Waals surface area contributed by atoms with Crippen molar-refractivity contribution in [3.05, 3.63) is 18.2 Å². The second kappa shape index (κ2) is 6.58. The molecule has 0 fully saturated rings. The molecule has 2 aromatic rings. The Kier molecular flexibility index (Phi) is 4.81. The molecule has 1 heterocycles. The quantitative estimate of drug-likeness (QED) is 0.780. The highest BCUT2D eigenvalue weighted by Crippen LogP contribution is 2.25. The van der Waals surface area contributed by atoms with Gasteiger partial charge in [-0.3, -0.25) is 0 Å². The first kappa shape index (κ1) is 14.6. The highest BCUT2D eigenvalue weighted by molar-refractivity contribution is 5.78. The SMILES string of the molecule is COCCN(c1nc2ccc(N)cc2o1)C(C)COC. The van der Waals surface area contributed by atoms with Crippen molar-refractivity contribution in [2.75, 3.05) is 44.6 Å². The van der Waals surface area contributed by atoms with Crippen LogP contribution in [0.15, 0.2) is 22.6 Å². The van der Waals surface area contributed by atoms with Gasteiger partial charge in [-0.15, -0.1) is 0 Å². The molecule has 0 aliphatic rings. The van der Waals surface area contributed by atoms with Crippen molar-refractivity contribution in [3.8, 4) is 0 Å². The first-order valence-corrected chi connectivity index (χ1v) is 6.56. The molecule has 0 saturated carbocycles. The van der Waals surface area contributed by atoms with Gasteiger partial charge in [0.25, 0.3) is 6.01 Å². The normalized spacial score (nSPS) is 12.8. The standard InChI is InChI=1S/C14H21N3O3/c1-10(9-19-3)17(6-7-18-2)14-16-12-5-4-11(15)8-13(12)20-14/h4-5,8,10H,6-7,9,15H2,1-3H3. The highest BCUT2D eigenvalue weighted by Gasteiger charge is 2.19. The molecule has 6 nitrogen and oxygen atoms in total. The minimum Gasteiger partial charge on any atom is -0.423 e. The minimum atomic E-state index is 0.139. The maximum absolute atomic E-state index is 5.80. The summed E-state index contributed by atoms with van der Waals surface area (Å²) < 4.78 is 16.1. The van der Waals surface area contributed by atoms with Gasteiger partial charge in [0.1, 0.15) is 5.52 Å². The van der Waals surface area contributed by atoms with E-state index in [1.165, 1.54) is 0 Å². The molecule has 20 heavy (non-hydrogen) atoms. The van der Waals surface area contributed by atoms with E-state index in [0.29, 0.717) is 37.0 Å². The number of ether oxygens (including phenoxy) is 2. The van der Waals surface area contributed by atoms with Crippen LogP contribution in [-0.4, -0.2) is 45.0 Å². The van der Waals surface area contributed by atoms with Gasteiger partial charge in [-0.05, 0) is 19.1 Å². The van der Waals surface area contributed by atoms with Crippen LogP contribution in [-0.2, 0) is 9.47 Å². The van der Waals surface area contributed by atoms with Crippen molar-refractivity contribution in [1.82, 2.24) is 4.98 Å². The molecule has 0 saturated heterocycles. The van der Waals surface area contributed by atoms with Crippen molar-refractivity contribution < 1.29 is 13.9 Å². The van der Waals surface area contributed by atoms with Crippen molar-refractivity contribution in [2.45, 2.75) is 13.0 Å². The molecule has 2 N–H and O–H groups in total. The predicted molar refractivity (Wildman–Crippen MR) is 79.0 cm³/mol. The number of benzene rings is 1. The van der Waals surface area contributed by atoms with E-state index in [1.807, 2.05) is 17.0 Å². The molecule has 1 aromatic carbocycles. The van der Waals surface area contributed by atoms with Crippen molar-refractivity contribution >= 4 is 22.8 Å². The molecule has 1 atom stereocenters. The Morgan fingerprint density at radius 1 is 1.35 bits per heavy atom. The summed E-state index contributed by atoms with van der Waals surface area (Å²) in [5.74, 6) is 0. The summed E-state index contributed by atoms with van der Waals surface area (Å²) in [5.41, 5.74) is 7.90. The summed E-state index contributed by atoms with van der Waals surface area (Å²) in [7, 11) is 3.35. The van der Waals surface area contributed by atoms with E-state index in [0.717, 1.165) is 5.52 Å². The van der Waals surface area contributed by atoms with Gasteiger partial charge in [0, 0.05) is 32.5 Å². The summed E-state index contributed by atoms with van der Waals surface area (Å²) in [6, 6.07) is 6.15. The van der Waals surface area contributed by atoms with Gasteiger partial charge in [0.2, 0.25) is 0 Å². The van der Waals surface area contributed by atoms with E-state index >= 15 is 0 Å². The number of oxazole rings is 1. The Hall–Kier alpha value is -1.79. The minimum absolute atomic E-state index is 0.139. The van der Waals surface area contributed by atoms with E-state index in [1.54, 1.807) is 20.3 Å². The van der Waals surface area contributed by atoms with Crippen LogP contribution in [0.1, 0.15) is 6.92 Å². The topological polar surface area (TPSA) is 73.8 Å². The molecule has 110 valence electrons. The van der Waals surface area contributed by atoms with E-state index in [9.17, 15) is 0 Å². The Bertz CT molecular complexity index is 556. The number of nitrogens with two attached hydrogens (primary N) is 1. The molecule has 0 aliphatic heterocycles. The highest BCUT2D eigenvalue weighted by atomic mass is 16.5. The molecule has 0 bridgehead atoms. The van der Waals surface area contributed by atoms with Crippen LogP contribution in [0.3, 0.4) is 0 Å². The molecular weight excluding hydrogens is 258 g/mol. The number of fused-ring (bicyclic) bond motifs is 1. The van der Waals surface area contributed by atoms with Crippen LogP contribution >= 0.6 is 0 Å². The fourth-order valence-electron chi connectivity index (χ4n) is 2.08. The van der Waals surface area contributed by atoms with E-state index in [4.69, 9.17) is 19.6 Å². The molecule has 1 unspecified atom stereocenters. The average Bonchev–Trinajstić information content (AvgIpc) is 2.82.